The van der Waals surface area contributed by atoms with Gasteiger partial charge in [-0.25, -0.2) is 0 Å². The molecule has 1 aromatic carbocycles. The third kappa shape index (κ3) is 3.33. The van der Waals surface area contributed by atoms with E-state index in [1.807, 2.05) is 0 Å². The van der Waals surface area contributed by atoms with E-state index in [1.54, 1.807) is 0 Å². The largest absolute Gasteiger partial charge is 0.330 e. The van der Waals surface area contributed by atoms with Crippen molar-refractivity contribution in [1.29, 1.82) is 0 Å². The topological polar surface area (TPSA) is 26.0 Å². The number of hydrogen-bond donors (Lipinski definition) is 1. The fourth-order valence-corrected chi connectivity index (χ4v) is 1.48. The molecule has 0 spiro atoms. The third-order valence-corrected chi connectivity index (χ3v) is 2.37. The quantitative estimate of drug-likeness (QED) is 0.863. The van der Waals surface area contributed by atoms with Gasteiger partial charge in [-0.3, -0.25) is 0 Å². The predicted molar refractivity (Wildman–Crippen MR) is 61.6 cm³/mol. The minimum atomic E-state index is 0.712. The third-order valence-electron chi connectivity index (χ3n) is 1.87. The van der Waals surface area contributed by atoms with Crippen LogP contribution in [0.15, 0.2) is 28.7 Å². The fourth-order valence-electron chi connectivity index (χ4n) is 1.10. The molecule has 0 unspecified atom stereocenters. The summed E-state index contributed by atoms with van der Waals surface area (Å²) in [5, 5.41) is 0. The van der Waals surface area contributed by atoms with Crippen molar-refractivity contribution in [2.45, 2.75) is 13.3 Å². The van der Waals surface area contributed by atoms with Crippen molar-refractivity contribution < 1.29 is 0 Å². The lowest BCUT2D eigenvalue weighted by molar-refractivity contribution is 1.01. The second-order valence-electron chi connectivity index (χ2n) is 2.98. The van der Waals surface area contributed by atoms with E-state index >= 15 is 0 Å². The summed E-state index contributed by atoms with van der Waals surface area (Å²) in [4.78, 5) is 0. The molecule has 0 heterocycles. The highest BCUT2D eigenvalue weighted by Gasteiger charge is 1.93. The number of nitrogens with two attached hydrogens (primary N) is 1. The van der Waals surface area contributed by atoms with Crippen LogP contribution in [0.2, 0.25) is 0 Å². The van der Waals surface area contributed by atoms with Gasteiger partial charge in [0.05, 0.1) is 0 Å². The average molecular weight is 240 g/mol. The Balaban J connectivity index is 2.81. The molecule has 2 N–H and O–H groups in total. The van der Waals surface area contributed by atoms with Crippen molar-refractivity contribution in [3.8, 4) is 0 Å². The summed E-state index contributed by atoms with van der Waals surface area (Å²) >= 11 is 3.45. The van der Waals surface area contributed by atoms with Gasteiger partial charge in [0.1, 0.15) is 0 Å². The molecule has 70 valence electrons. The molecule has 0 aliphatic carbocycles. The Morgan fingerprint density at radius 2 is 2.23 bits per heavy atom. The molecule has 0 saturated carbocycles. The SMILES string of the molecule is Cc1ccc(Br)cc1C=CCCN. The Hall–Kier alpha value is -0.600. The summed E-state index contributed by atoms with van der Waals surface area (Å²) in [6.45, 7) is 2.82. The van der Waals surface area contributed by atoms with Gasteiger partial charge in [-0.05, 0) is 43.1 Å². The Bertz CT molecular complexity index is 305. The molecule has 13 heavy (non-hydrogen) atoms. The van der Waals surface area contributed by atoms with E-state index < -0.39 is 0 Å². The molecule has 0 saturated heterocycles. The molecule has 0 amide bonds. The van der Waals surface area contributed by atoms with Gasteiger partial charge in [-0.2, -0.15) is 0 Å². The zero-order valence-corrected chi connectivity index (χ0v) is 9.34. The minimum absolute atomic E-state index is 0.712. The zero-order valence-electron chi connectivity index (χ0n) is 7.76. The summed E-state index contributed by atoms with van der Waals surface area (Å²) in [7, 11) is 0. The first-order chi connectivity index (χ1) is 6.24. The molecular weight excluding hydrogens is 226 g/mol. The molecule has 1 aromatic rings. The second-order valence-corrected chi connectivity index (χ2v) is 3.90. The molecule has 1 nitrogen and oxygen atoms in total. The van der Waals surface area contributed by atoms with E-state index in [9.17, 15) is 0 Å². The van der Waals surface area contributed by atoms with Gasteiger partial charge in [0, 0.05) is 4.47 Å². The first-order valence-corrected chi connectivity index (χ1v) is 5.16. The molecule has 0 atom stereocenters. The van der Waals surface area contributed by atoms with Crippen LogP contribution in [-0.4, -0.2) is 6.54 Å². The fraction of sp³-hybridized carbons (Fsp3) is 0.273. The van der Waals surface area contributed by atoms with Crippen LogP contribution in [0.25, 0.3) is 6.08 Å². The Morgan fingerprint density at radius 3 is 2.92 bits per heavy atom. The van der Waals surface area contributed by atoms with Crippen molar-refractivity contribution >= 4 is 22.0 Å². The van der Waals surface area contributed by atoms with Crippen LogP contribution in [0.4, 0.5) is 0 Å². The zero-order chi connectivity index (χ0) is 9.68. The van der Waals surface area contributed by atoms with E-state index in [0.29, 0.717) is 6.54 Å². The maximum atomic E-state index is 5.40. The van der Waals surface area contributed by atoms with Crippen LogP contribution in [0.1, 0.15) is 17.5 Å². The summed E-state index contributed by atoms with van der Waals surface area (Å²) in [6.07, 6.45) is 5.16. The molecule has 0 bridgehead atoms. The molecule has 0 radical (unpaired) electrons. The van der Waals surface area contributed by atoms with E-state index in [0.717, 1.165) is 10.9 Å². The summed E-state index contributed by atoms with van der Waals surface area (Å²) in [5.74, 6) is 0. The molecule has 2 heteroatoms. The lowest BCUT2D eigenvalue weighted by Gasteiger charge is -2.00. The lowest BCUT2D eigenvalue weighted by Crippen LogP contribution is -1.95. The van der Waals surface area contributed by atoms with Gasteiger partial charge < -0.3 is 5.73 Å². The van der Waals surface area contributed by atoms with Crippen LogP contribution < -0.4 is 5.73 Å². The highest BCUT2D eigenvalue weighted by atomic mass is 79.9. The maximum Gasteiger partial charge on any atom is 0.0181 e. The number of benzene rings is 1. The van der Waals surface area contributed by atoms with E-state index in [-0.39, 0.29) is 0 Å². The van der Waals surface area contributed by atoms with Gasteiger partial charge in [-0.1, -0.05) is 34.1 Å². The number of aryl methyl sites for hydroxylation is 1. The number of halogens is 1. The van der Waals surface area contributed by atoms with Crippen molar-refractivity contribution in [3.05, 3.63) is 39.9 Å². The van der Waals surface area contributed by atoms with Crippen LogP contribution >= 0.6 is 15.9 Å². The highest BCUT2D eigenvalue weighted by molar-refractivity contribution is 9.10. The van der Waals surface area contributed by atoms with Crippen molar-refractivity contribution in [1.82, 2.24) is 0 Å². The molecule has 0 fully saturated rings. The molecule has 1 rings (SSSR count). The van der Waals surface area contributed by atoms with Crippen LogP contribution in [-0.2, 0) is 0 Å². The van der Waals surface area contributed by atoms with E-state index in [1.165, 1.54) is 11.1 Å². The van der Waals surface area contributed by atoms with Crippen LogP contribution in [0.3, 0.4) is 0 Å². The first kappa shape index (κ1) is 10.5. The van der Waals surface area contributed by atoms with Crippen molar-refractivity contribution in [2.75, 3.05) is 6.54 Å². The van der Waals surface area contributed by atoms with Gasteiger partial charge in [-0.15, -0.1) is 0 Å². The van der Waals surface area contributed by atoms with Gasteiger partial charge in [0.2, 0.25) is 0 Å². The van der Waals surface area contributed by atoms with Gasteiger partial charge >= 0.3 is 0 Å². The standard InChI is InChI=1S/C11H14BrN/c1-9-5-6-11(12)8-10(9)4-2-3-7-13/h2,4-6,8H,3,7,13H2,1H3. The van der Waals surface area contributed by atoms with Gasteiger partial charge in [0.25, 0.3) is 0 Å². The van der Waals surface area contributed by atoms with Crippen LogP contribution in [0.5, 0.6) is 0 Å². The van der Waals surface area contributed by atoms with Crippen LogP contribution in [0, 0.1) is 6.92 Å². The maximum absolute atomic E-state index is 5.40. The summed E-state index contributed by atoms with van der Waals surface area (Å²) < 4.78 is 1.12. The molecular formula is C11H14BrN. The number of hydrogen-bond acceptors (Lipinski definition) is 1. The van der Waals surface area contributed by atoms with E-state index in [4.69, 9.17) is 5.73 Å². The second kappa shape index (κ2) is 5.20. The van der Waals surface area contributed by atoms with Gasteiger partial charge in [0.15, 0.2) is 0 Å². The smallest absolute Gasteiger partial charge is 0.0181 e. The Morgan fingerprint density at radius 1 is 1.46 bits per heavy atom. The molecule has 0 aromatic heterocycles. The predicted octanol–water partition coefficient (Wildman–Crippen LogP) is 3.12. The van der Waals surface area contributed by atoms with Crippen molar-refractivity contribution in [2.24, 2.45) is 5.73 Å². The molecule has 0 aliphatic heterocycles. The minimum Gasteiger partial charge on any atom is -0.330 e. The highest BCUT2D eigenvalue weighted by Crippen LogP contribution is 2.17. The van der Waals surface area contributed by atoms with E-state index in [2.05, 4.69) is 53.2 Å². The number of rotatable bonds is 3. The normalized spacial score (nSPS) is 11.0. The first-order valence-electron chi connectivity index (χ1n) is 4.37. The summed E-state index contributed by atoms with van der Waals surface area (Å²) in [5.41, 5.74) is 7.94. The summed E-state index contributed by atoms with van der Waals surface area (Å²) in [6, 6.07) is 6.27. The monoisotopic (exact) mass is 239 g/mol. The Kier molecular flexibility index (Phi) is 4.19. The average Bonchev–Trinajstić information content (AvgIpc) is 2.11. The lowest BCUT2D eigenvalue weighted by atomic mass is 10.1. The Labute approximate surface area is 87.8 Å². The van der Waals surface area contributed by atoms with Crippen molar-refractivity contribution in [3.63, 3.8) is 0 Å². The molecule has 0 aliphatic rings.